The van der Waals surface area contributed by atoms with Crippen molar-refractivity contribution in [3.8, 4) is 0 Å². The van der Waals surface area contributed by atoms with Gasteiger partial charge in [-0.25, -0.2) is 0 Å². The minimum atomic E-state index is -0.748. The van der Waals surface area contributed by atoms with Gasteiger partial charge in [-0.05, 0) is 25.3 Å². The molecule has 0 saturated heterocycles. The molecule has 0 aliphatic carbocycles. The molecule has 6 nitrogen and oxygen atoms in total. The number of carbonyl (C=O) groups excluding carboxylic acids is 3. The monoisotopic (exact) mass is 641 g/mol. The van der Waals surface area contributed by atoms with E-state index < -0.39 is 6.04 Å². The molecule has 2 rings (SSSR count). The van der Waals surface area contributed by atoms with E-state index >= 15 is 0 Å². The SMILES string of the molecule is CCCCCCCCCCCCNC(=O)CC[C@H](NC(=O)c1csc2ccccc12)C(=O)NCCCCCCCCCCCC. The molecule has 7 heteroatoms. The lowest BCUT2D eigenvalue weighted by Gasteiger charge is -2.18. The van der Waals surface area contributed by atoms with Crippen LogP contribution in [0.1, 0.15) is 165 Å². The molecule has 0 unspecified atom stereocenters. The summed E-state index contributed by atoms with van der Waals surface area (Å²) < 4.78 is 1.04. The number of rotatable bonds is 28. The van der Waals surface area contributed by atoms with Crippen LogP contribution in [-0.4, -0.2) is 36.9 Å². The molecule has 0 fully saturated rings. The van der Waals surface area contributed by atoms with Crippen molar-refractivity contribution >= 4 is 39.1 Å². The Labute approximate surface area is 278 Å². The number of fused-ring (bicyclic) bond motifs is 1. The van der Waals surface area contributed by atoms with Crippen LogP contribution in [0.3, 0.4) is 0 Å². The van der Waals surface area contributed by atoms with E-state index in [4.69, 9.17) is 0 Å². The molecule has 1 atom stereocenters. The summed E-state index contributed by atoms with van der Waals surface area (Å²) in [7, 11) is 0. The van der Waals surface area contributed by atoms with Gasteiger partial charge >= 0.3 is 0 Å². The number of nitrogens with one attached hydrogen (secondary N) is 3. The molecule has 0 aliphatic rings. The van der Waals surface area contributed by atoms with E-state index in [0.29, 0.717) is 18.7 Å². The first kappa shape index (κ1) is 38.8. The third-order valence-electron chi connectivity index (χ3n) is 8.69. The number of hydrogen-bond donors (Lipinski definition) is 3. The summed E-state index contributed by atoms with van der Waals surface area (Å²) in [5.74, 6) is -0.535. The van der Waals surface area contributed by atoms with Crippen molar-refractivity contribution in [2.45, 2.75) is 161 Å². The number of amides is 3. The zero-order valence-corrected chi connectivity index (χ0v) is 29.4. The molecule has 0 bridgehead atoms. The summed E-state index contributed by atoms with van der Waals surface area (Å²) >= 11 is 1.52. The van der Waals surface area contributed by atoms with E-state index in [9.17, 15) is 14.4 Å². The van der Waals surface area contributed by atoms with Gasteiger partial charge in [-0.15, -0.1) is 11.3 Å². The topological polar surface area (TPSA) is 87.3 Å². The number of thiophene rings is 1. The molecule has 2 aromatic rings. The summed E-state index contributed by atoms with van der Waals surface area (Å²) in [5.41, 5.74) is 0.577. The fourth-order valence-corrected chi connectivity index (χ4v) is 6.75. The fraction of sp³-hybridized carbons (Fsp3) is 0.711. The van der Waals surface area contributed by atoms with Gasteiger partial charge in [0.2, 0.25) is 11.8 Å². The standard InChI is InChI=1S/C38H63N3O3S/c1-3-5-7-9-11-13-15-17-19-23-29-39-36(42)28-27-34(41-37(43)33-31-45-35-26-22-21-25-32(33)35)38(44)40-30-24-20-18-16-14-12-10-8-6-4-2/h21-22,25-26,31,34H,3-20,23-24,27-30H2,1-2H3,(H,39,42)(H,40,44)(H,41,43)/t34-/m0/s1. The van der Waals surface area contributed by atoms with Crippen LogP contribution in [0.2, 0.25) is 0 Å². The molecule has 254 valence electrons. The van der Waals surface area contributed by atoms with Gasteiger partial charge in [0.25, 0.3) is 5.91 Å². The lowest BCUT2D eigenvalue weighted by Crippen LogP contribution is -2.47. The van der Waals surface area contributed by atoms with Gasteiger partial charge in [0.05, 0.1) is 5.56 Å². The molecule has 0 aliphatic heterocycles. The van der Waals surface area contributed by atoms with Gasteiger partial charge in [0.1, 0.15) is 6.04 Å². The lowest BCUT2D eigenvalue weighted by atomic mass is 10.1. The van der Waals surface area contributed by atoms with Crippen molar-refractivity contribution in [2.75, 3.05) is 13.1 Å². The number of hydrogen-bond acceptors (Lipinski definition) is 4. The van der Waals surface area contributed by atoms with Crippen LogP contribution >= 0.6 is 11.3 Å². The van der Waals surface area contributed by atoms with Crippen LogP contribution in [0.15, 0.2) is 29.6 Å². The molecule has 0 radical (unpaired) electrons. The van der Waals surface area contributed by atoms with Gasteiger partial charge in [0.15, 0.2) is 0 Å². The largest absolute Gasteiger partial charge is 0.356 e. The summed E-state index contributed by atoms with van der Waals surface area (Å²) in [4.78, 5) is 39.1. The molecule has 3 amide bonds. The zero-order valence-electron chi connectivity index (χ0n) is 28.6. The predicted molar refractivity (Wildman–Crippen MR) is 192 cm³/mol. The van der Waals surface area contributed by atoms with E-state index in [-0.39, 0.29) is 30.6 Å². The highest BCUT2D eigenvalue weighted by Crippen LogP contribution is 2.25. The van der Waals surface area contributed by atoms with Crippen molar-refractivity contribution < 1.29 is 14.4 Å². The van der Waals surface area contributed by atoms with E-state index in [2.05, 4.69) is 29.8 Å². The van der Waals surface area contributed by atoms with Crippen molar-refractivity contribution in [3.05, 3.63) is 35.2 Å². The number of unbranched alkanes of at least 4 members (excludes halogenated alkanes) is 18. The van der Waals surface area contributed by atoms with Crippen LogP contribution in [0.25, 0.3) is 10.1 Å². The highest BCUT2D eigenvalue weighted by atomic mass is 32.1. The molecule has 1 aromatic heterocycles. The molecular formula is C38H63N3O3S. The highest BCUT2D eigenvalue weighted by molar-refractivity contribution is 7.17. The second-order valence-corrected chi connectivity index (χ2v) is 13.6. The Kier molecular flexibility index (Phi) is 22.2. The van der Waals surface area contributed by atoms with Crippen LogP contribution in [0.5, 0.6) is 0 Å². The van der Waals surface area contributed by atoms with Crippen molar-refractivity contribution in [1.29, 1.82) is 0 Å². The Morgan fingerprint density at radius 3 is 1.69 bits per heavy atom. The minimum absolute atomic E-state index is 0.0614. The maximum absolute atomic E-state index is 13.2. The van der Waals surface area contributed by atoms with Gasteiger partial charge in [-0.2, -0.15) is 0 Å². The average molecular weight is 642 g/mol. The van der Waals surface area contributed by atoms with Crippen molar-refractivity contribution in [1.82, 2.24) is 16.0 Å². The summed E-state index contributed by atoms with van der Waals surface area (Å²) in [6.07, 6.45) is 25.5. The lowest BCUT2D eigenvalue weighted by molar-refractivity contribution is -0.124. The summed E-state index contributed by atoms with van der Waals surface area (Å²) in [6.45, 7) is 5.75. The Morgan fingerprint density at radius 2 is 1.13 bits per heavy atom. The molecule has 0 spiro atoms. The first-order valence-corrected chi connectivity index (χ1v) is 19.3. The maximum Gasteiger partial charge on any atom is 0.253 e. The summed E-state index contributed by atoms with van der Waals surface area (Å²) in [5, 5.41) is 11.7. The third kappa shape index (κ3) is 17.8. The number of carbonyl (C=O) groups is 3. The third-order valence-corrected chi connectivity index (χ3v) is 9.65. The smallest absolute Gasteiger partial charge is 0.253 e. The van der Waals surface area contributed by atoms with E-state index in [1.165, 1.54) is 114 Å². The van der Waals surface area contributed by atoms with Gasteiger partial charge in [-0.3, -0.25) is 14.4 Å². The minimum Gasteiger partial charge on any atom is -0.356 e. The molecule has 3 N–H and O–H groups in total. The van der Waals surface area contributed by atoms with Gasteiger partial charge < -0.3 is 16.0 Å². The van der Waals surface area contributed by atoms with Gasteiger partial charge in [0, 0.05) is 35.0 Å². The first-order chi connectivity index (χ1) is 22.1. The normalized spacial score (nSPS) is 11.9. The van der Waals surface area contributed by atoms with E-state index in [0.717, 1.165) is 35.8 Å². The second-order valence-electron chi connectivity index (χ2n) is 12.7. The Hall–Kier alpha value is -2.41. The quantitative estimate of drug-likeness (QED) is 0.0808. The first-order valence-electron chi connectivity index (χ1n) is 18.4. The average Bonchev–Trinajstić information content (AvgIpc) is 3.48. The van der Waals surface area contributed by atoms with Crippen LogP contribution in [0, 0.1) is 0 Å². The zero-order chi connectivity index (χ0) is 32.4. The molecule has 1 aromatic carbocycles. The Balaban J connectivity index is 1.72. The van der Waals surface area contributed by atoms with Crippen molar-refractivity contribution in [3.63, 3.8) is 0 Å². The maximum atomic E-state index is 13.2. The highest BCUT2D eigenvalue weighted by Gasteiger charge is 2.23. The fourth-order valence-electron chi connectivity index (χ4n) is 5.81. The molecule has 0 saturated carbocycles. The van der Waals surface area contributed by atoms with Crippen LogP contribution in [-0.2, 0) is 9.59 Å². The van der Waals surface area contributed by atoms with Crippen LogP contribution in [0.4, 0.5) is 0 Å². The van der Waals surface area contributed by atoms with Crippen LogP contribution < -0.4 is 16.0 Å². The number of benzene rings is 1. The Morgan fingerprint density at radius 1 is 0.644 bits per heavy atom. The second kappa shape index (κ2) is 25.7. The van der Waals surface area contributed by atoms with Gasteiger partial charge in [-0.1, -0.05) is 148 Å². The van der Waals surface area contributed by atoms with E-state index in [1.807, 2.05) is 29.6 Å². The predicted octanol–water partition coefficient (Wildman–Crippen LogP) is 9.85. The van der Waals surface area contributed by atoms with E-state index in [1.54, 1.807) is 0 Å². The van der Waals surface area contributed by atoms with Crippen molar-refractivity contribution in [2.24, 2.45) is 0 Å². The molecule has 1 heterocycles. The molecule has 45 heavy (non-hydrogen) atoms. The molecular weight excluding hydrogens is 579 g/mol. The Bertz CT molecular complexity index is 1070. The summed E-state index contributed by atoms with van der Waals surface area (Å²) in [6, 6.07) is 7.05.